The van der Waals surface area contributed by atoms with Gasteiger partial charge in [-0.1, -0.05) is 25.1 Å². The maximum absolute atomic E-state index is 5.87. The lowest BCUT2D eigenvalue weighted by Crippen LogP contribution is -2.22. The Labute approximate surface area is 130 Å². The van der Waals surface area contributed by atoms with Crippen LogP contribution in [0.4, 0.5) is 0 Å². The van der Waals surface area contributed by atoms with Gasteiger partial charge in [-0.15, -0.1) is 11.3 Å². The molecular weight excluding hydrogens is 282 g/mol. The van der Waals surface area contributed by atoms with E-state index in [9.17, 15) is 0 Å². The Morgan fingerprint density at radius 1 is 1.14 bits per heavy atom. The van der Waals surface area contributed by atoms with Crippen molar-refractivity contribution in [2.75, 3.05) is 26.9 Å². The van der Waals surface area contributed by atoms with Gasteiger partial charge in [0.2, 0.25) is 0 Å². The second-order valence-corrected chi connectivity index (χ2v) is 6.14. The Morgan fingerprint density at radius 2 is 1.95 bits per heavy atom. The van der Waals surface area contributed by atoms with Crippen LogP contribution in [0.25, 0.3) is 0 Å². The van der Waals surface area contributed by atoms with E-state index in [0.717, 1.165) is 12.3 Å². The van der Waals surface area contributed by atoms with E-state index >= 15 is 0 Å². The van der Waals surface area contributed by atoms with Gasteiger partial charge in [0.05, 0.1) is 12.6 Å². The molecule has 2 aromatic rings. The van der Waals surface area contributed by atoms with Gasteiger partial charge in [-0.05, 0) is 31.7 Å². The van der Waals surface area contributed by atoms with E-state index in [2.05, 4.69) is 43.4 Å². The van der Waals surface area contributed by atoms with Gasteiger partial charge in [-0.25, -0.2) is 0 Å². The molecule has 0 saturated carbocycles. The highest BCUT2D eigenvalue weighted by atomic mass is 32.1. The molecule has 1 atom stereocenters. The Balaban J connectivity index is 2.27. The van der Waals surface area contributed by atoms with Crippen LogP contribution in [0, 0.1) is 6.92 Å². The maximum atomic E-state index is 5.87. The predicted molar refractivity (Wildman–Crippen MR) is 88.4 cm³/mol. The van der Waals surface area contributed by atoms with Crippen LogP contribution in [0.5, 0.6) is 5.75 Å². The van der Waals surface area contributed by atoms with Crippen LogP contribution in [0.1, 0.15) is 28.3 Å². The molecule has 1 N–H and O–H groups in total. The molecule has 1 aromatic heterocycles. The van der Waals surface area contributed by atoms with Crippen molar-refractivity contribution in [2.24, 2.45) is 0 Å². The molecule has 0 fully saturated rings. The monoisotopic (exact) mass is 305 g/mol. The maximum Gasteiger partial charge on any atom is 0.124 e. The molecule has 0 amide bonds. The molecular formula is C17H23NO2S. The molecule has 0 spiro atoms. The van der Waals surface area contributed by atoms with E-state index in [4.69, 9.17) is 9.47 Å². The fourth-order valence-corrected chi connectivity index (χ4v) is 3.23. The fourth-order valence-electron chi connectivity index (χ4n) is 2.26. The molecule has 0 aliphatic heterocycles. The van der Waals surface area contributed by atoms with E-state index in [-0.39, 0.29) is 6.04 Å². The number of nitrogens with one attached hydrogen (secondary N) is 1. The van der Waals surface area contributed by atoms with Gasteiger partial charge in [0.15, 0.2) is 0 Å². The summed E-state index contributed by atoms with van der Waals surface area (Å²) in [5.41, 5.74) is 1.18. The first-order valence-electron chi connectivity index (χ1n) is 7.26. The minimum Gasteiger partial charge on any atom is -0.491 e. The molecule has 1 heterocycles. The smallest absolute Gasteiger partial charge is 0.124 e. The van der Waals surface area contributed by atoms with Crippen molar-refractivity contribution in [3.05, 3.63) is 51.7 Å². The Morgan fingerprint density at radius 3 is 2.62 bits per heavy atom. The van der Waals surface area contributed by atoms with Gasteiger partial charge in [-0.2, -0.15) is 0 Å². The van der Waals surface area contributed by atoms with Crippen LogP contribution in [0.3, 0.4) is 0 Å². The summed E-state index contributed by atoms with van der Waals surface area (Å²) in [6, 6.07) is 12.8. The minimum absolute atomic E-state index is 0.174. The second kappa shape index (κ2) is 8.17. The number of para-hydroxylation sites is 1. The number of thiophene rings is 1. The first-order chi connectivity index (χ1) is 10.3. The van der Waals surface area contributed by atoms with Crippen molar-refractivity contribution in [3.8, 4) is 5.75 Å². The summed E-state index contributed by atoms with van der Waals surface area (Å²) in [6.45, 7) is 6.34. The SMILES string of the molecule is CCNC(c1ccc(C)s1)c1ccccc1OCCOC. The lowest BCUT2D eigenvalue weighted by Gasteiger charge is -2.20. The summed E-state index contributed by atoms with van der Waals surface area (Å²) in [4.78, 5) is 2.64. The lowest BCUT2D eigenvalue weighted by molar-refractivity contribution is 0.145. The highest BCUT2D eigenvalue weighted by molar-refractivity contribution is 7.12. The van der Waals surface area contributed by atoms with Gasteiger partial charge in [0.25, 0.3) is 0 Å². The highest BCUT2D eigenvalue weighted by Gasteiger charge is 2.18. The topological polar surface area (TPSA) is 30.5 Å². The van der Waals surface area contributed by atoms with Crippen LogP contribution >= 0.6 is 11.3 Å². The zero-order chi connectivity index (χ0) is 15.1. The summed E-state index contributed by atoms with van der Waals surface area (Å²) >= 11 is 1.82. The molecule has 0 radical (unpaired) electrons. The first-order valence-corrected chi connectivity index (χ1v) is 8.08. The summed E-state index contributed by atoms with van der Waals surface area (Å²) in [7, 11) is 1.69. The van der Waals surface area contributed by atoms with Crippen molar-refractivity contribution in [3.63, 3.8) is 0 Å². The van der Waals surface area contributed by atoms with Crippen molar-refractivity contribution in [2.45, 2.75) is 19.9 Å². The van der Waals surface area contributed by atoms with Gasteiger partial charge in [0.1, 0.15) is 12.4 Å². The minimum atomic E-state index is 0.174. The average Bonchev–Trinajstić information content (AvgIpc) is 2.92. The van der Waals surface area contributed by atoms with Gasteiger partial charge in [0, 0.05) is 22.4 Å². The Hall–Kier alpha value is -1.36. The molecule has 4 heteroatoms. The Kier molecular flexibility index (Phi) is 6.23. The van der Waals surface area contributed by atoms with Crippen LogP contribution in [0.15, 0.2) is 36.4 Å². The molecule has 21 heavy (non-hydrogen) atoms. The third-order valence-corrected chi connectivity index (χ3v) is 4.29. The number of methoxy groups -OCH3 is 1. The largest absolute Gasteiger partial charge is 0.491 e. The van der Waals surface area contributed by atoms with E-state index in [1.807, 2.05) is 23.5 Å². The van der Waals surface area contributed by atoms with E-state index in [1.54, 1.807) is 7.11 Å². The lowest BCUT2D eigenvalue weighted by atomic mass is 10.0. The quantitative estimate of drug-likeness (QED) is 0.753. The molecule has 0 bridgehead atoms. The van der Waals surface area contributed by atoms with E-state index < -0.39 is 0 Å². The zero-order valence-electron chi connectivity index (χ0n) is 12.9. The van der Waals surface area contributed by atoms with E-state index in [0.29, 0.717) is 13.2 Å². The molecule has 1 aromatic carbocycles. The molecule has 3 nitrogen and oxygen atoms in total. The van der Waals surface area contributed by atoms with Crippen molar-refractivity contribution >= 4 is 11.3 Å². The molecule has 1 unspecified atom stereocenters. The van der Waals surface area contributed by atoms with E-state index in [1.165, 1.54) is 15.3 Å². The molecule has 0 aliphatic carbocycles. The molecule has 0 aliphatic rings. The van der Waals surface area contributed by atoms with Gasteiger partial charge in [-0.3, -0.25) is 0 Å². The summed E-state index contributed by atoms with van der Waals surface area (Å²) in [5, 5.41) is 3.56. The number of rotatable bonds is 8. The van der Waals surface area contributed by atoms with Crippen molar-refractivity contribution in [1.82, 2.24) is 5.32 Å². The summed E-state index contributed by atoms with van der Waals surface area (Å²) in [6.07, 6.45) is 0. The molecule has 0 saturated heterocycles. The average molecular weight is 305 g/mol. The normalized spacial score (nSPS) is 12.3. The van der Waals surface area contributed by atoms with Crippen molar-refractivity contribution < 1.29 is 9.47 Å². The third kappa shape index (κ3) is 4.30. The zero-order valence-corrected chi connectivity index (χ0v) is 13.7. The number of ether oxygens (including phenoxy) is 2. The highest BCUT2D eigenvalue weighted by Crippen LogP contribution is 2.33. The van der Waals surface area contributed by atoms with Crippen LogP contribution < -0.4 is 10.1 Å². The van der Waals surface area contributed by atoms with Gasteiger partial charge >= 0.3 is 0 Å². The predicted octanol–water partition coefficient (Wildman–Crippen LogP) is 3.78. The molecule has 2 rings (SSSR count). The standard InChI is InChI=1S/C17H23NO2S/c1-4-18-17(16-10-9-13(2)21-16)14-7-5-6-8-15(14)20-12-11-19-3/h5-10,17-18H,4,11-12H2,1-3H3. The number of hydrogen-bond donors (Lipinski definition) is 1. The first kappa shape index (κ1) is 16.0. The van der Waals surface area contributed by atoms with Crippen LogP contribution in [0.2, 0.25) is 0 Å². The Bertz CT molecular complexity index is 553. The third-order valence-electron chi connectivity index (χ3n) is 3.23. The number of hydrogen-bond acceptors (Lipinski definition) is 4. The van der Waals surface area contributed by atoms with Crippen LogP contribution in [-0.4, -0.2) is 26.9 Å². The summed E-state index contributed by atoms with van der Waals surface area (Å²) < 4.78 is 10.9. The number of benzene rings is 1. The number of aryl methyl sites for hydroxylation is 1. The fraction of sp³-hybridized carbons (Fsp3) is 0.412. The summed E-state index contributed by atoms with van der Waals surface area (Å²) in [5.74, 6) is 0.923. The van der Waals surface area contributed by atoms with Gasteiger partial charge < -0.3 is 14.8 Å². The molecule has 114 valence electrons. The second-order valence-electron chi connectivity index (χ2n) is 4.82. The van der Waals surface area contributed by atoms with Crippen LogP contribution in [-0.2, 0) is 4.74 Å². The van der Waals surface area contributed by atoms with Crippen molar-refractivity contribution in [1.29, 1.82) is 0 Å².